The van der Waals surface area contributed by atoms with Gasteiger partial charge in [0.2, 0.25) is 0 Å². The molecular weight excluding hydrogens is 284 g/mol. The van der Waals surface area contributed by atoms with Crippen LogP contribution in [0.5, 0.6) is 0 Å². The first-order chi connectivity index (χ1) is 10.5. The Morgan fingerprint density at radius 2 is 1.95 bits per heavy atom. The SMILES string of the molecule is CNNC(=O)[C@H](CCCNC(=N)N)NC(=O)c1ccccc1. The molecular formula is C14H22N6O2. The Hall–Kier alpha value is -2.61. The molecule has 0 aliphatic carbocycles. The van der Waals surface area contributed by atoms with Crippen LogP contribution in [0.4, 0.5) is 0 Å². The minimum absolute atomic E-state index is 0.121. The average Bonchev–Trinajstić information content (AvgIpc) is 2.51. The molecule has 0 spiro atoms. The summed E-state index contributed by atoms with van der Waals surface area (Å²) in [5.74, 6) is -0.754. The first-order valence-electron chi connectivity index (χ1n) is 6.95. The van der Waals surface area contributed by atoms with Crippen molar-refractivity contribution < 1.29 is 9.59 Å². The number of nitrogens with one attached hydrogen (secondary N) is 5. The first-order valence-corrected chi connectivity index (χ1v) is 6.95. The highest BCUT2D eigenvalue weighted by Crippen LogP contribution is 2.02. The highest BCUT2D eigenvalue weighted by molar-refractivity contribution is 5.97. The molecule has 1 atom stereocenters. The van der Waals surface area contributed by atoms with Crippen molar-refractivity contribution in [1.82, 2.24) is 21.5 Å². The van der Waals surface area contributed by atoms with Gasteiger partial charge in [0.15, 0.2) is 5.96 Å². The maximum Gasteiger partial charge on any atom is 0.256 e. The van der Waals surface area contributed by atoms with Crippen molar-refractivity contribution in [3.63, 3.8) is 0 Å². The molecule has 8 nitrogen and oxygen atoms in total. The molecule has 0 aliphatic rings. The normalized spacial score (nSPS) is 11.3. The lowest BCUT2D eigenvalue weighted by Gasteiger charge is -2.18. The van der Waals surface area contributed by atoms with Crippen LogP contribution < -0.4 is 27.2 Å². The lowest BCUT2D eigenvalue weighted by Crippen LogP contribution is -2.50. The summed E-state index contributed by atoms with van der Waals surface area (Å²) in [6.45, 7) is 0.458. The van der Waals surface area contributed by atoms with Crippen molar-refractivity contribution >= 4 is 17.8 Å². The minimum Gasteiger partial charge on any atom is -0.370 e. The molecule has 22 heavy (non-hydrogen) atoms. The van der Waals surface area contributed by atoms with Gasteiger partial charge in [0, 0.05) is 19.2 Å². The summed E-state index contributed by atoms with van der Waals surface area (Å²) in [4.78, 5) is 24.1. The van der Waals surface area contributed by atoms with E-state index in [1.165, 1.54) is 0 Å². The standard InChI is InChI=1S/C14H22N6O2/c1-17-20-13(22)11(8-5-9-18-14(15)16)19-12(21)10-6-3-2-4-7-10/h2-4,6-7,11,17H,5,8-9H2,1H3,(H,19,21)(H,20,22)(H4,15,16,18)/t11-/m0/s1. The van der Waals surface area contributed by atoms with Gasteiger partial charge in [-0.25, -0.2) is 5.43 Å². The highest BCUT2D eigenvalue weighted by atomic mass is 16.2. The van der Waals surface area contributed by atoms with Crippen molar-refractivity contribution in [3.05, 3.63) is 35.9 Å². The second-order valence-electron chi connectivity index (χ2n) is 4.61. The zero-order chi connectivity index (χ0) is 16.4. The summed E-state index contributed by atoms with van der Waals surface area (Å²) in [7, 11) is 1.57. The van der Waals surface area contributed by atoms with Crippen LogP contribution >= 0.6 is 0 Å². The van der Waals surface area contributed by atoms with Crippen LogP contribution in [-0.2, 0) is 4.79 Å². The highest BCUT2D eigenvalue weighted by Gasteiger charge is 2.20. The Morgan fingerprint density at radius 1 is 1.27 bits per heavy atom. The van der Waals surface area contributed by atoms with E-state index in [1.54, 1.807) is 31.3 Å². The molecule has 2 amide bonds. The fourth-order valence-corrected chi connectivity index (χ4v) is 1.84. The van der Waals surface area contributed by atoms with E-state index in [0.717, 1.165) is 0 Å². The summed E-state index contributed by atoms with van der Waals surface area (Å²) in [6.07, 6.45) is 1.00. The van der Waals surface area contributed by atoms with Gasteiger partial charge < -0.3 is 16.4 Å². The van der Waals surface area contributed by atoms with E-state index in [9.17, 15) is 9.59 Å². The van der Waals surface area contributed by atoms with E-state index in [-0.39, 0.29) is 17.8 Å². The van der Waals surface area contributed by atoms with Crippen LogP contribution in [0.2, 0.25) is 0 Å². The van der Waals surface area contributed by atoms with Gasteiger partial charge in [-0.1, -0.05) is 18.2 Å². The molecule has 7 N–H and O–H groups in total. The third kappa shape index (κ3) is 6.23. The number of hydrogen-bond acceptors (Lipinski definition) is 4. The van der Waals surface area contributed by atoms with Gasteiger partial charge in [-0.15, -0.1) is 0 Å². The second kappa shape index (κ2) is 9.35. The van der Waals surface area contributed by atoms with Gasteiger partial charge >= 0.3 is 0 Å². The Labute approximate surface area is 129 Å². The molecule has 0 saturated heterocycles. The Balaban J connectivity index is 2.59. The number of hydrazine groups is 1. The van der Waals surface area contributed by atoms with E-state index in [4.69, 9.17) is 11.1 Å². The Morgan fingerprint density at radius 3 is 2.55 bits per heavy atom. The van der Waals surface area contributed by atoms with Gasteiger partial charge in [0.05, 0.1) is 0 Å². The summed E-state index contributed by atoms with van der Waals surface area (Å²) < 4.78 is 0. The molecule has 1 aromatic carbocycles. The molecule has 0 aliphatic heterocycles. The molecule has 8 heteroatoms. The number of carbonyl (C=O) groups excluding carboxylic acids is 2. The Kier molecular flexibility index (Phi) is 7.41. The number of guanidine groups is 1. The quantitative estimate of drug-likeness (QED) is 0.163. The van der Waals surface area contributed by atoms with Crippen molar-refractivity contribution in [2.45, 2.75) is 18.9 Å². The number of amides is 2. The van der Waals surface area contributed by atoms with Crippen LogP contribution in [-0.4, -0.2) is 37.4 Å². The molecule has 120 valence electrons. The molecule has 0 aromatic heterocycles. The van der Waals surface area contributed by atoms with Crippen molar-refractivity contribution in [2.24, 2.45) is 5.73 Å². The number of carbonyl (C=O) groups is 2. The topological polar surface area (TPSA) is 132 Å². The number of nitrogens with two attached hydrogens (primary N) is 1. The fraction of sp³-hybridized carbons (Fsp3) is 0.357. The van der Waals surface area contributed by atoms with Gasteiger partial charge in [0.25, 0.3) is 11.8 Å². The van der Waals surface area contributed by atoms with Crippen LogP contribution in [0.3, 0.4) is 0 Å². The molecule has 0 bridgehead atoms. The smallest absolute Gasteiger partial charge is 0.256 e. The van der Waals surface area contributed by atoms with Crippen molar-refractivity contribution in [3.8, 4) is 0 Å². The van der Waals surface area contributed by atoms with E-state index < -0.39 is 6.04 Å². The van der Waals surface area contributed by atoms with E-state index in [0.29, 0.717) is 24.9 Å². The summed E-state index contributed by atoms with van der Waals surface area (Å²) in [5, 5.41) is 12.4. The van der Waals surface area contributed by atoms with Gasteiger partial charge in [-0.05, 0) is 25.0 Å². The monoisotopic (exact) mass is 306 g/mol. The first kappa shape index (κ1) is 17.4. The number of benzene rings is 1. The third-order valence-electron chi connectivity index (χ3n) is 2.89. The predicted octanol–water partition coefficient (Wildman–Crippen LogP) is -0.701. The van der Waals surface area contributed by atoms with Crippen LogP contribution in [0, 0.1) is 5.41 Å². The molecule has 0 heterocycles. The van der Waals surface area contributed by atoms with Crippen LogP contribution in [0.15, 0.2) is 30.3 Å². The van der Waals surface area contributed by atoms with Gasteiger partial charge in [0.1, 0.15) is 6.04 Å². The molecule has 0 radical (unpaired) electrons. The molecule has 0 fully saturated rings. The zero-order valence-corrected chi connectivity index (χ0v) is 12.5. The van der Waals surface area contributed by atoms with E-state index in [2.05, 4.69) is 21.5 Å². The second-order valence-corrected chi connectivity index (χ2v) is 4.61. The molecule has 1 rings (SSSR count). The van der Waals surface area contributed by atoms with Gasteiger partial charge in [-0.3, -0.25) is 20.4 Å². The molecule has 0 saturated carbocycles. The summed E-state index contributed by atoms with van der Waals surface area (Å²) in [5.41, 5.74) is 10.7. The summed E-state index contributed by atoms with van der Waals surface area (Å²) in [6, 6.07) is 8.02. The van der Waals surface area contributed by atoms with E-state index >= 15 is 0 Å². The van der Waals surface area contributed by atoms with Crippen LogP contribution in [0.1, 0.15) is 23.2 Å². The fourth-order valence-electron chi connectivity index (χ4n) is 1.84. The molecule has 1 aromatic rings. The molecule has 0 unspecified atom stereocenters. The zero-order valence-electron chi connectivity index (χ0n) is 12.5. The predicted molar refractivity (Wildman–Crippen MR) is 84.0 cm³/mol. The number of rotatable bonds is 8. The average molecular weight is 306 g/mol. The maximum absolute atomic E-state index is 12.1. The van der Waals surface area contributed by atoms with E-state index in [1.807, 2.05) is 6.07 Å². The van der Waals surface area contributed by atoms with Crippen molar-refractivity contribution in [1.29, 1.82) is 5.41 Å². The third-order valence-corrected chi connectivity index (χ3v) is 2.89. The lowest BCUT2D eigenvalue weighted by atomic mass is 10.1. The maximum atomic E-state index is 12.1. The summed E-state index contributed by atoms with van der Waals surface area (Å²) >= 11 is 0. The minimum atomic E-state index is -0.672. The lowest BCUT2D eigenvalue weighted by molar-refractivity contribution is -0.124. The van der Waals surface area contributed by atoms with Gasteiger partial charge in [-0.2, -0.15) is 0 Å². The van der Waals surface area contributed by atoms with Crippen LogP contribution in [0.25, 0.3) is 0 Å². The largest absolute Gasteiger partial charge is 0.370 e. The number of hydrogen-bond donors (Lipinski definition) is 6. The van der Waals surface area contributed by atoms with Crippen molar-refractivity contribution in [2.75, 3.05) is 13.6 Å². The Bertz CT molecular complexity index is 505.